The van der Waals surface area contributed by atoms with Crippen LogP contribution in [0.3, 0.4) is 0 Å². The van der Waals surface area contributed by atoms with E-state index in [1.807, 2.05) is 0 Å². The number of likely N-dealkylation sites (tertiary alicyclic amines) is 1. The van der Waals surface area contributed by atoms with Crippen molar-refractivity contribution in [2.24, 2.45) is 0 Å². The van der Waals surface area contributed by atoms with Crippen LogP contribution in [-0.2, 0) is 0 Å². The first kappa shape index (κ1) is 12.5. The van der Waals surface area contributed by atoms with Gasteiger partial charge in [-0.15, -0.1) is 0 Å². The van der Waals surface area contributed by atoms with Crippen molar-refractivity contribution in [3.8, 4) is 0 Å². The Morgan fingerprint density at radius 1 is 1.07 bits per heavy atom. The molecule has 2 heteroatoms. The predicted octanol–water partition coefficient (Wildman–Crippen LogP) is 3.81. The first-order chi connectivity index (χ1) is 6.75. The standard InChI is InChI=1S/C12H24BrN/c1-11-7-6-8-12(2)14(11)10-5-3-4-9-13/h11-12H,3-10H2,1-2H3/t11-,12+. The number of hydrogen-bond donors (Lipinski definition) is 0. The fourth-order valence-electron chi connectivity index (χ4n) is 2.48. The maximum absolute atomic E-state index is 3.49. The monoisotopic (exact) mass is 261 g/mol. The third kappa shape index (κ3) is 3.90. The molecule has 0 aromatic rings. The van der Waals surface area contributed by atoms with E-state index < -0.39 is 0 Å². The number of halogens is 1. The second-order valence-electron chi connectivity index (χ2n) is 4.62. The molecule has 1 aliphatic heterocycles. The molecule has 1 rings (SSSR count). The number of hydrogen-bond acceptors (Lipinski definition) is 1. The van der Waals surface area contributed by atoms with Crippen molar-refractivity contribution >= 4 is 15.9 Å². The van der Waals surface area contributed by atoms with Crippen molar-refractivity contribution in [1.82, 2.24) is 4.90 Å². The molecule has 0 aliphatic carbocycles. The summed E-state index contributed by atoms with van der Waals surface area (Å²) in [5.74, 6) is 0. The van der Waals surface area contributed by atoms with E-state index in [4.69, 9.17) is 0 Å². The van der Waals surface area contributed by atoms with Crippen molar-refractivity contribution in [2.75, 3.05) is 11.9 Å². The minimum absolute atomic E-state index is 0.822. The number of alkyl halides is 1. The number of unbranched alkanes of at least 4 members (excludes halogenated alkanes) is 2. The van der Waals surface area contributed by atoms with Crippen molar-refractivity contribution in [3.05, 3.63) is 0 Å². The first-order valence-electron chi connectivity index (χ1n) is 6.07. The first-order valence-corrected chi connectivity index (χ1v) is 7.19. The molecule has 1 nitrogen and oxygen atoms in total. The molecule has 0 aromatic heterocycles. The van der Waals surface area contributed by atoms with Crippen LogP contribution in [0.2, 0.25) is 0 Å². The SMILES string of the molecule is C[C@@H]1CCC[C@H](C)N1CCCCCBr. The molecule has 0 bridgehead atoms. The smallest absolute Gasteiger partial charge is 0.00697 e. The molecule has 1 heterocycles. The van der Waals surface area contributed by atoms with E-state index in [1.54, 1.807) is 0 Å². The van der Waals surface area contributed by atoms with E-state index in [2.05, 4.69) is 34.7 Å². The van der Waals surface area contributed by atoms with Gasteiger partial charge in [0.15, 0.2) is 0 Å². The van der Waals surface area contributed by atoms with E-state index in [-0.39, 0.29) is 0 Å². The molecule has 0 radical (unpaired) electrons. The molecule has 2 atom stereocenters. The van der Waals surface area contributed by atoms with Gasteiger partial charge in [-0.25, -0.2) is 0 Å². The van der Waals surface area contributed by atoms with Crippen LogP contribution in [-0.4, -0.2) is 28.9 Å². The zero-order valence-corrected chi connectivity index (χ0v) is 11.2. The maximum atomic E-state index is 3.49. The van der Waals surface area contributed by atoms with Crippen LogP contribution in [0.4, 0.5) is 0 Å². The minimum Gasteiger partial charge on any atom is -0.298 e. The molecule has 14 heavy (non-hydrogen) atoms. The summed E-state index contributed by atoms with van der Waals surface area (Å²) in [4.78, 5) is 2.71. The Balaban J connectivity index is 2.19. The van der Waals surface area contributed by atoms with E-state index in [1.165, 1.54) is 45.1 Å². The van der Waals surface area contributed by atoms with Gasteiger partial charge in [0.2, 0.25) is 0 Å². The summed E-state index contributed by atoms with van der Waals surface area (Å²) in [6.45, 7) is 6.09. The predicted molar refractivity (Wildman–Crippen MR) is 67.1 cm³/mol. The lowest BCUT2D eigenvalue weighted by Gasteiger charge is -2.39. The van der Waals surface area contributed by atoms with Crippen LogP contribution in [0.25, 0.3) is 0 Å². The van der Waals surface area contributed by atoms with Gasteiger partial charge in [-0.3, -0.25) is 4.90 Å². The summed E-state index contributed by atoms with van der Waals surface area (Å²) in [5, 5.41) is 1.16. The van der Waals surface area contributed by atoms with Gasteiger partial charge in [0.05, 0.1) is 0 Å². The van der Waals surface area contributed by atoms with Crippen LogP contribution >= 0.6 is 15.9 Å². The number of nitrogens with zero attached hydrogens (tertiary/aromatic N) is 1. The maximum Gasteiger partial charge on any atom is 0.00697 e. The van der Waals surface area contributed by atoms with E-state index >= 15 is 0 Å². The van der Waals surface area contributed by atoms with Gasteiger partial charge in [-0.1, -0.05) is 28.8 Å². The second-order valence-corrected chi connectivity index (χ2v) is 5.41. The van der Waals surface area contributed by atoms with Crippen LogP contribution < -0.4 is 0 Å². The summed E-state index contributed by atoms with van der Waals surface area (Å²) < 4.78 is 0. The quantitative estimate of drug-likeness (QED) is 0.538. The fourth-order valence-corrected chi connectivity index (χ4v) is 2.88. The molecule has 84 valence electrons. The van der Waals surface area contributed by atoms with Gasteiger partial charge in [0.25, 0.3) is 0 Å². The average molecular weight is 262 g/mol. The molecular weight excluding hydrogens is 238 g/mol. The zero-order chi connectivity index (χ0) is 10.4. The number of piperidine rings is 1. The Morgan fingerprint density at radius 2 is 1.71 bits per heavy atom. The largest absolute Gasteiger partial charge is 0.298 e. The van der Waals surface area contributed by atoms with Crippen LogP contribution in [0.1, 0.15) is 52.4 Å². The molecule has 1 saturated heterocycles. The fraction of sp³-hybridized carbons (Fsp3) is 1.00. The number of rotatable bonds is 5. The van der Waals surface area contributed by atoms with Gasteiger partial charge < -0.3 is 0 Å². The Morgan fingerprint density at radius 3 is 2.29 bits per heavy atom. The van der Waals surface area contributed by atoms with E-state index in [9.17, 15) is 0 Å². The summed E-state index contributed by atoms with van der Waals surface area (Å²) in [6.07, 6.45) is 8.32. The Labute approximate surface area is 97.4 Å². The summed E-state index contributed by atoms with van der Waals surface area (Å²) in [6, 6.07) is 1.64. The normalized spacial score (nSPS) is 29.4. The van der Waals surface area contributed by atoms with Gasteiger partial charge in [-0.2, -0.15) is 0 Å². The molecule has 0 saturated carbocycles. The topological polar surface area (TPSA) is 3.24 Å². The summed E-state index contributed by atoms with van der Waals surface area (Å²) in [7, 11) is 0. The highest BCUT2D eigenvalue weighted by Crippen LogP contribution is 2.22. The lowest BCUT2D eigenvalue weighted by atomic mass is 9.97. The molecule has 0 N–H and O–H groups in total. The zero-order valence-electron chi connectivity index (χ0n) is 9.64. The molecule has 0 spiro atoms. The Bertz CT molecular complexity index is 139. The summed E-state index contributed by atoms with van der Waals surface area (Å²) in [5.41, 5.74) is 0. The highest BCUT2D eigenvalue weighted by atomic mass is 79.9. The lowest BCUT2D eigenvalue weighted by molar-refractivity contribution is 0.101. The van der Waals surface area contributed by atoms with Crippen LogP contribution in [0.15, 0.2) is 0 Å². The highest BCUT2D eigenvalue weighted by Gasteiger charge is 2.23. The van der Waals surface area contributed by atoms with Crippen molar-refractivity contribution in [1.29, 1.82) is 0 Å². The molecular formula is C12H24BrN. The van der Waals surface area contributed by atoms with E-state index in [0.717, 1.165) is 17.4 Å². The van der Waals surface area contributed by atoms with Crippen molar-refractivity contribution < 1.29 is 0 Å². The van der Waals surface area contributed by atoms with E-state index in [0.29, 0.717) is 0 Å². The van der Waals surface area contributed by atoms with Crippen molar-refractivity contribution in [3.63, 3.8) is 0 Å². The summed E-state index contributed by atoms with van der Waals surface area (Å²) >= 11 is 3.49. The molecule has 0 unspecified atom stereocenters. The van der Waals surface area contributed by atoms with Gasteiger partial charge in [0, 0.05) is 17.4 Å². The third-order valence-electron chi connectivity index (χ3n) is 3.43. The average Bonchev–Trinajstić information content (AvgIpc) is 2.16. The van der Waals surface area contributed by atoms with Crippen molar-refractivity contribution in [2.45, 2.75) is 64.5 Å². The Hall–Kier alpha value is 0.440. The molecule has 0 aromatic carbocycles. The van der Waals surface area contributed by atoms with Crippen LogP contribution in [0.5, 0.6) is 0 Å². The van der Waals surface area contributed by atoms with Gasteiger partial charge >= 0.3 is 0 Å². The van der Waals surface area contributed by atoms with Gasteiger partial charge in [0.1, 0.15) is 0 Å². The minimum atomic E-state index is 0.822. The van der Waals surface area contributed by atoms with Gasteiger partial charge in [-0.05, 0) is 46.1 Å². The lowest BCUT2D eigenvalue weighted by Crippen LogP contribution is -2.44. The molecule has 0 amide bonds. The molecule has 1 fully saturated rings. The third-order valence-corrected chi connectivity index (χ3v) is 3.99. The molecule has 1 aliphatic rings. The Kier molecular flexibility index (Phi) is 6.11. The van der Waals surface area contributed by atoms with Crippen LogP contribution in [0, 0.1) is 0 Å². The highest BCUT2D eigenvalue weighted by molar-refractivity contribution is 9.09. The second kappa shape index (κ2) is 6.84.